The molecule has 3 N–H and O–H groups in total. The number of hydrogen-bond acceptors (Lipinski definition) is 4. The minimum absolute atomic E-state index is 0.00105. The van der Waals surface area contributed by atoms with Crippen molar-refractivity contribution in [2.45, 2.75) is 4.90 Å². The Hall–Kier alpha value is -2.84. The van der Waals surface area contributed by atoms with Crippen molar-refractivity contribution in [2.75, 3.05) is 4.72 Å². The highest BCUT2D eigenvalue weighted by atomic mass is 35.5. The molecule has 2 aromatic carbocycles. The summed E-state index contributed by atoms with van der Waals surface area (Å²) in [5, 5.41) is 4.54. The van der Waals surface area contributed by atoms with Gasteiger partial charge in [0.2, 0.25) is 5.91 Å². The molecule has 128 valence electrons. The molecule has 0 spiro atoms. The van der Waals surface area contributed by atoms with Crippen molar-refractivity contribution in [3.8, 4) is 5.69 Å². The highest BCUT2D eigenvalue weighted by Gasteiger charge is 2.17. The minimum Gasteiger partial charge on any atom is -0.366 e. The SMILES string of the molecule is NC(=O)c1ccc(S(=O)(=O)Nc2ccc(Cl)cc2-n2cccn2)cc1. The molecule has 0 fully saturated rings. The standard InChI is InChI=1S/C16H13ClN4O3S/c17-12-4-7-14(15(10-12)21-9-1-8-19-21)20-25(23,24)13-5-2-11(3-6-13)16(18)22/h1-10,20H,(H2,18,22). The first kappa shape index (κ1) is 17.0. The smallest absolute Gasteiger partial charge is 0.261 e. The molecule has 0 saturated heterocycles. The number of benzene rings is 2. The summed E-state index contributed by atoms with van der Waals surface area (Å²) in [6.07, 6.45) is 3.24. The molecule has 0 aliphatic carbocycles. The number of nitrogens with two attached hydrogens (primary N) is 1. The molecule has 0 aliphatic heterocycles. The van der Waals surface area contributed by atoms with Gasteiger partial charge in [0, 0.05) is 23.0 Å². The van der Waals surface area contributed by atoms with Crippen LogP contribution in [-0.2, 0) is 10.0 Å². The largest absolute Gasteiger partial charge is 0.366 e. The summed E-state index contributed by atoms with van der Waals surface area (Å²) >= 11 is 6.01. The van der Waals surface area contributed by atoms with Gasteiger partial charge >= 0.3 is 0 Å². The van der Waals surface area contributed by atoms with Crippen LogP contribution in [-0.4, -0.2) is 24.1 Å². The Morgan fingerprint density at radius 1 is 1.16 bits per heavy atom. The van der Waals surface area contributed by atoms with Crippen LogP contribution < -0.4 is 10.5 Å². The second kappa shape index (κ2) is 6.58. The Labute approximate surface area is 149 Å². The number of sulfonamides is 1. The highest BCUT2D eigenvalue weighted by Crippen LogP contribution is 2.26. The molecular formula is C16H13ClN4O3S. The van der Waals surface area contributed by atoms with Crippen molar-refractivity contribution in [3.05, 3.63) is 71.5 Å². The lowest BCUT2D eigenvalue weighted by molar-refractivity contribution is 0.1000. The van der Waals surface area contributed by atoms with Gasteiger partial charge in [-0.05, 0) is 48.5 Å². The van der Waals surface area contributed by atoms with E-state index in [1.54, 1.807) is 36.7 Å². The molecule has 3 aromatic rings. The Kier molecular flexibility index (Phi) is 4.47. The zero-order valence-corrected chi connectivity index (χ0v) is 14.3. The van der Waals surface area contributed by atoms with Crippen LogP contribution in [0.15, 0.2) is 65.8 Å². The van der Waals surface area contributed by atoms with Gasteiger partial charge in [-0.25, -0.2) is 13.1 Å². The molecule has 0 bridgehead atoms. The zero-order valence-electron chi connectivity index (χ0n) is 12.8. The van der Waals surface area contributed by atoms with Gasteiger partial charge in [0.1, 0.15) is 0 Å². The molecule has 3 rings (SSSR count). The van der Waals surface area contributed by atoms with Gasteiger partial charge in [-0.1, -0.05) is 11.6 Å². The normalized spacial score (nSPS) is 11.2. The number of carbonyl (C=O) groups is 1. The molecule has 7 nitrogen and oxygen atoms in total. The first-order valence-corrected chi connectivity index (χ1v) is 8.95. The highest BCUT2D eigenvalue weighted by molar-refractivity contribution is 7.92. The summed E-state index contributed by atoms with van der Waals surface area (Å²) in [6, 6.07) is 11.8. The van der Waals surface area contributed by atoms with Crippen LogP contribution in [0.3, 0.4) is 0 Å². The van der Waals surface area contributed by atoms with E-state index in [4.69, 9.17) is 17.3 Å². The zero-order chi connectivity index (χ0) is 18.0. The molecular weight excluding hydrogens is 364 g/mol. The fourth-order valence-electron chi connectivity index (χ4n) is 2.19. The molecule has 0 unspecified atom stereocenters. The average Bonchev–Trinajstić information content (AvgIpc) is 3.11. The van der Waals surface area contributed by atoms with Gasteiger partial charge in [0.25, 0.3) is 10.0 Å². The van der Waals surface area contributed by atoms with Crippen LogP contribution in [0, 0.1) is 0 Å². The molecule has 0 aliphatic rings. The predicted octanol–water partition coefficient (Wildman–Crippen LogP) is 2.43. The van der Waals surface area contributed by atoms with Gasteiger partial charge in [-0.3, -0.25) is 9.52 Å². The van der Waals surface area contributed by atoms with Crippen LogP contribution >= 0.6 is 11.6 Å². The molecule has 25 heavy (non-hydrogen) atoms. The Bertz CT molecular complexity index is 1020. The quantitative estimate of drug-likeness (QED) is 0.712. The summed E-state index contributed by atoms with van der Waals surface area (Å²) in [5.74, 6) is -0.629. The topological polar surface area (TPSA) is 107 Å². The number of nitrogens with zero attached hydrogens (tertiary/aromatic N) is 2. The number of nitrogens with one attached hydrogen (secondary N) is 1. The van der Waals surface area contributed by atoms with E-state index in [9.17, 15) is 13.2 Å². The van der Waals surface area contributed by atoms with E-state index in [2.05, 4.69) is 9.82 Å². The molecule has 0 radical (unpaired) electrons. The number of aromatic nitrogens is 2. The number of halogens is 1. The van der Waals surface area contributed by atoms with Gasteiger partial charge in [-0.15, -0.1) is 0 Å². The molecule has 9 heteroatoms. The van der Waals surface area contributed by atoms with Gasteiger partial charge < -0.3 is 5.73 Å². The number of anilines is 1. The second-order valence-corrected chi connectivity index (χ2v) is 7.23. The Balaban J connectivity index is 1.97. The maximum atomic E-state index is 12.6. The van der Waals surface area contributed by atoms with Crippen LogP contribution in [0.4, 0.5) is 5.69 Å². The van der Waals surface area contributed by atoms with E-state index in [1.807, 2.05) is 0 Å². The third-order valence-electron chi connectivity index (χ3n) is 3.40. The first-order valence-electron chi connectivity index (χ1n) is 7.09. The first-order chi connectivity index (χ1) is 11.9. The summed E-state index contributed by atoms with van der Waals surface area (Å²) in [4.78, 5) is 11.1. The van der Waals surface area contributed by atoms with Gasteiger partial charge in [-0.2, -0.15) is 5.10 Å². The van der Waals surface area contributed by atoms with Crippen LogP contribution in [0.2, 0.25) is 5.02 Å². The maximum Gasteiger partial charge on any atom is 0.261 e. The Morgan fingerprint density at radius 2 is 1.88 bits per heavy atom. The van der Waals surface area contributed by atoms with E-state index in [0.29, 0.717) is 16.4 Å². The van der Waals surface area contributed by atoms with E-state index in [-0.39, 0.29) is 10.5 Å². The van der Waals surface area contributed by atoms with Gasteiger partial charge in [0.15, 0.2) is 0 Å². The summed E-state index contributed by atoms with van der Waals surface area (Å²) in [7, 11) is -3.87. The Morgan fingerprint density at radius 3 is 2.48 bits per heavy atom. The molecule has 1 amide bonds. The summed E-state index contributed by atoms with van der Waals surface area (Å²) in [6.45, 7) is 0. The van der Waals surface area contributed by atoms with Crippen molar-refractivity contribution in [3.63, 3.8) is 0 Å². The predicted molar refractivity (Wildman–Crippen MR) is 94.3 cm³/mol. The van der Waals surface area contributed by atoms with Crippen molar-refractivity contribution in [2.24, 2.45) is 5.73 Å². The van der Waals surface area contributed by atoms with Crippen molar-refractivity contribution in [1.82, 2.24) is 9.78 Å². The molecule has 1 heterocycles. The number of hydrogen-bond donors (Lipinski definition) is 2. The fourth-order valence-corrected chi connectivity index (χ4v) is 3.43. The molecule has 1 aromatic heterocycles. The van der Waals surface area contributed by atoms with E-state index >= 15 is 0 Å². The molecule has 0 saturated carbocycles. The molecule has 0 atom stereocenters. The third kappa shape index (κ3) is 3.65. The lowest BCUT2D eigenvalue weighted by atomic mass is 10.2. The summed E-state index contributed by atoms with van der Waals surface area (Å²) in [5.41, 5.74) is 6.18. The third-order valence-corrected chi connectivity index (χ3v) is 5.02. The van der Waals surface area contributed by atoms with Gasteiger partial charge in [0.05, 0.1) is 16.3 Å². The van der Waals surface area contributed by atoms with E-state index in [0.717, 1.165) is 0 Å². The van der Waals surface area contributed by atoms with Crippen LogP contribution in [0.25, 0.3) is 5.69 Å². The fraction of sp³-hybridized carbons (Fsp3) is 0. The number of carbonyl (C=O) groups excluding carboxylic acids is 1. The van der Waals surface area contributed by atoms with Crippen LogP contribution in [0.1, 0.15) is 10.4 Å². The van der Waals surface area contributed by atoms with E-state index < -0.39 is 15.9 Å². The van der Waals surface area contributed by atoms with Crippen molar-refractivity contribution >= 4 is 33.2 Å². The van der Waals surface area contributed by atoms with E-state index in [1.165, 1.54) is 28.9 Å². The average molecular weight is 377 g/mol. The number of rotatable bonds is 5. The minimum atomic E-state index is -3.87. The lowest BCUT2D eigenvalue weighted by Gasteiger charge is -2.13. The van der Waals surface area contributed by atoms with Crippen LogP contribution in [0.5, 0.6) is 0 Å². The summed E-state index contributed by atoms with van der Waals surface area (Å²) < 4.78 is 29.2. The lowest BCUT2D eigenvalue weighted by Crippen LogP contribution is -2.16. The number of primary amides is 1. The van der Waals surface area contributed by atoms with Crippen molar-refractivity contribution in [1.29, 1.82) is 0 Å². The second-order valence-electron chi connectivity index (χ2n) is 5.11. The maximum absolute atomic E-state index is 12.6. The van der Waals surface area contributed by atoms with Crippen molar-refractivity contribution < 1.29 is 13.2 Å². The number of amides is 1. The monoisotopic (exact) mass is 376 g/mol.